The summed E-state index contributed by atoms with van der Waals surface area (Å²) in [5.41, 5.74) is 6.99. The van der Waals surface area contributed by atoms with E-state index in [9.17, 15) is 0 Å². The Bertz CT molecular complexity index is 833. The summed E-state index contributed by atoms with van der Waals surface area (Å²) < 4.78 is 6.60. The number of nitrogen functional groups attached to an aromatic ring is 1. The number of nitrogens with zero attached hydrogens (tertiary/aromatic N) is 1. The normalized spacial score (nSPS) is 10.5. The second-order valence-electron chi connectivity index (χ2n) is 4.52. The number of nitrogens with one attached hydrogen (secondary N) is 1. The molecule has 1 heterocycles. The van der Waals surface area contributed by atoms with Crippen molar-refractivity contribution in [3.63, 3.8) is 0 Å². The number of hydrogen-bond acceptors (Lipinski definition) is 3. The van der Waals surface area contributed by atoms with Gasteiger partial charge in [-0.15, -0.1) is 0 Å². The van der Waals surface area contributed by atoms with Crippen LogP contribution in [-0.4, -0.2) is 10.8 Å². The topological polar surface area (TPSA) is 72.0 Å². The summed E-state index contributed by atoms with van der Waals surface area (Å²) in [5, 5.41) is 8.49. The minimum absolute atomic E-state index is 0.0251. The molecule has 3 aromatic rings. The van der Waals surface area contributed by atoms with Crippen molar-refractivity contribution in [2.45, 2.75) is 0 Å². The fraction of sp³-hybridized carbons (Fsp3) is 0. The van der Waals surface area contributed by atoms with Gasteiger partial charge in [0.2, 0.25) is 0 Å². The Morgan fingerprint density at radius 3 is 2.76 bits per heavy atom. The van der Waals surface area contributed by atoms with Gasteiger partial charge in [-0.2, -0.15) is 0 Å². The van der Waals surface area contributed by atoms with Gasteiger partial charge < -0.3 is 10.5 Å². The Kier molecular flexibility index (Phi) is 3.58. The smallest absolute Gasteiger partial charge is 0.141 e. The highest BCUT2D eigenvalue weighted by atomic mass is 79.9. The van der Waals surface area contributed by atoms with Crippen LogP contribution in [0.1, 0.15) is 5.56 Å². The Labute approximate surface area is 130 Å². The van der Waals surface area contributed by atoms with E-state index in [2.05, 4.69) is 20.9 Å². The molecular weight excluding hydrogens is 330 g/mol. The first-order valence-electron chi connectivity index (χ1n) is 6.30. The monoisotopic (exact) mass is 341 g/mol. The van der Waals surface area contributed by atoms with Crippen molar-refractivity contribution in [1.82, 2.24) is 4.98 Å². The van der Waals surface area contributed by atoms with Crippen molar-refractivity contribution in [2.75, 3.05) is 0 Å². The maximum atomic E-state index is 7.42. The van der Waals surface area contributed by atoms with Crippen molar-refractivity contribution >= 4 is 32.7 Å². The number of fused-ring (bicyclic) bond motifs is 1. The van der Waals surface area contributed by atoms with E-state index in [1.807, 2.05) is 30.3 Å². The average molecular weight is 342 g/mol. The Morgan fingerprint density at radius 2 is 2.00 bits per heavy atom. The second kappa shape index (κ2) is 5.54. The van der Waals surface area contributed by atoms with Crippen molar-refractivity contribution in [1.29, 1.82) is 5.41 Å². The number of rotatable bonds is 3. The van der Waals surface area contributed by atoms with E-state index in [1.54, 1.807) is 24.4 Å². The Balaban J connectivity index is 1.93. The van der Waals surface area contributed by atoms with Crippen molar-refractivity contribution < 1.29 is 4.74 Å². The molecule has 0 saturated carbocycles. The number of nitrogens with two attached hydrogens (primary N) is 1. The van der Waals surface area contributed by atoms with Gasteiger partial charge in [0.15, 0.2) is 0 Å². The number of halogens is 1. The summed E-state index contributed by atoms with van der Waals surface area (Å²) in [6, 6.07) is 15.0. The molecule has 0 atom stereocenters. The quantitative estimate of drug-likeness (QED) is 0.557. The van der Waals surface area contributed by atoms with Gasteiger partial charge in [-0.05, 0) is 52.3 Å². The molecule has 104 valence electrons. The zero-order valence-corrected chi connectivity index (χ0v) is 12.6. The van der Waals surface area contributed by atoms with Gasteiger partial charge in [0.05, 0.1) is 9.99 Å². The number of ether oxygens (including phenoxy) is 1. The fourth-order valence-corrected chi connectivity index (χ4v) is 2.45. The zero-order chi connectivity index (χ0) is 14.8. The van der Waals surface area contributed by atoms with Gasteiger partial charge in [0, 0.05) is 23.2 Å². The molecule has 0 fully saturated rings. The summed E-state index contributed by atoms with van der Waals surface area (Å²) in [5.74, 6) is 1.39. The van der Waals surface area contributed by atoms with Gasteiger partial charge in [-0.1, -0.05) is 6.07 Å². The number of pyridine rings is 1. The number of benzene rings is 2. The molecule has 1 aromatic heterocycles. The fourth-order valence-electron chi connectivity index (χ4n) is 1.99. The molecular formula is C16H12BrN3O. The van der Waals surface area contributed by atoms with Crippen LogP contribution >= 0.6 is 15.9 Å². The summed E-state index contributed by atoms with van der Waals surface area (Å²) in [6.45, 7) is 0. The van der Waals surface area contributed by atoms with Gasteiger partial charge in [0.1, 0.15) is 17.3 Å². The average Bonchev–Trinajstić information content (AvgIpc) is 2.49. The first kappa shape index (κ1) is 13.6. The molecule has 0 amide bonds. The molecule has 0 spiro atoms. The molecule has 0 aliphatic rings. The lowest BCUT2D eigenvalue weighted by molar-refractivity contribution is 0.480. The SMILES string of the molecule is N=C(N)c1ccc(Oc2ccc3cccnc3c2)c(Br)c1. The van der Waals surface area contributed by atoms with Crippen LogP contribution in [0, 0.1) is 5.41 Å². The zero-order valence-electron chi connectivity index (χ0n) is 11.0. The second-order valence-corrected chi connectivity index (χ2v) is 5.37. The molecule has 0 aliphatic carbocycles. The highest BCUT2D eigenvalue weighted by Gasteiger charge is 2.06. The van der Waals surface area contributed by atoms with E-state index in [4.69, 9.17) is 15.9 Å². The van der Waals surface area contributed by atoms with Crippen LogP contribution in [-0.2, 0) is 0 Å². The maximum Gasteiger partial charge on any atom is 0.141 e. The van der Waals surface area contributed by atoms with E-state index < -0.39 is 0 Å². The van der Waals surface area contributed by atoms with Crippen molar-refractivity contribution in [2.24, 2.45) is 5.73 Å². The molecule has 3 rings (SSSR count). The van der Waals surface area contributed by atoms with Crippen LogP contribution in [0.25, 0.3) is 10.9 Å². The first-order valence-corrected chi connectivity index (χ1v) is 7.09. The third kappa shape index (κ3) is 2.87. The van der Waals surface area contributed by atoms with E-state index in [0.29, 0.717) is 17.1 Å². The van der Waals surface area contributed by atoms with E-state index in [0.717, 1.165) is 15.4 Å². The van der Waals surface area contributed by atoms with Crippen LogP contribution in [0.2, 0.25) is 0 Å². The molecule has 5 heteroatoms. The summed E-state index contributed by atoms with van der Waals surface area (Å²) in [4.78, 5) is 4.31. The molecule has 0 bridgehead atoms. The van der Waals surface area contributed by atoms with Gasteiger partial charge in [-0.25, -0.2) is 0 Å². The van der Waals surface area contributed by atoms with Gasteiger partial charge in [0.25, 0.3) is 0 Å². The Hall–Kier alpha value is -2.40. The highest BCUT2D eigenvalue weighted by Crippen LogP contribution is 2.31. The lowest BCUT2D eigenvalue weighted by Gasteiger charge is -2.09. The standard InChI is InChI=1S/C16H12BrN3O/c17-13-8-11(16(18)19)4-6-15(13)21-12-5-3-10-2-1-7-20-14(10)9-12/h1-9H,(H3,18,19). The van der Waals surface area contributed by atoms with Crippen LogP contribution < -0.4 is 10.5 Å². The lowest BCUT2D eigenvalue weighted by Crippen LogP contribution is -2.10. The summed E-state index contributed by atoms with van der Waals surface area (Å²) >= 11 is 3.43. The summed E-state index contributed by atoms with van der Waals surface area (Å²) in [7, 11) is 0. The van der Waals surface area contributed by atoms with E-state index in [1.165, 1.54) is 0 Å². The van der Waals surface area contributed by atoms with E-state index in [-0.39, 0.29) is 5.84 Å². The molecule has 3 N–H and O–H groups in total. The number of aromatic nitrogens is 1. The van der Waals surface area contributed by atoms with Gasteiger partial charge >= 0.3 is 0 Å². The number of amidine groups is 1. The molecule has 4 nitrogen and oxygen atoms in total. The van der Waals surface area contributed by atoms with Gasteiger partial charge in [-0.3, -0.25) is 10.4 Å². The number of hydrogen-bond donors (Lipinski definition) is 2. The molecule has 0 radical (unpaired) electrons. The molecule has 21 heavy (non-hydrogen) atoms. The van der Waals surface area contributed by atoms with E-state index >= 15 is 0 Å². The molecule has 2 aromatic carbocycles. The molecule has 0 aliphatic heterocycles. The third-order valence-corrected chi connectivity index (χ3v) is 3.67. The molecule has 0 unspecified atom stereocenters. The first-order chi connectivity index (χ1) is 10.1. The Morgan fingerprint density at radius 1 is 1.14 bits per heavy atom. The van der Waals surface area contributed by atoms with Crippen LogP contribution in [0.5, 0.6) is 11.5 Å². The minimum atomic E-state index is 0.0251. The minimum Gasteiger partial charge on any atom is -0.456 e. The van der Waals surface area contributed by atoms with Crippen molar-refractivity contribution in [3.05, 3.63) is 64.8 Å². The predicted octanol–water partition coefficient (Wildman–Crippen LogP) is 4.07. The van der Waals surface area contributed by atoms with Crippen LogP contribution in [0.4, 0.5) is 0 Å². The predicted molar refractivity (Wildman–Crippen MR) is 87.0 cm³/mol. The van der Waals surface area contributed by atoms with Crippen molar-refractivity contribution in [3.8, 4) is 11.5 Å². The van der Waals surface area contributed by atoms with Crippen LogP contribution in [0.3, 0.4) is 0 Å². The highest BCUT2D eigenvalue weighted by molar-refractivity contribution is 9.10. The lowest BCUT2D eigenvalue weighted by atomic mass is 10.2. The third-order valence-electron chi connectivity index (χ3n) is 3.05. The van der Waals surface area contributed by atoms with Crippen LogP contribution in [0.15, 0.2) is 59.2 Å². The summed E-state index contributed by atoms with van der Waals surface area (Å²) in [6.07, 6.45) is 1.75. The largest absolute Gasteiger partial charge is 0.456 e. The molecule has 0 saturated heterocycles. The maximum absolute atomic E-state index is 7.42.